The normalized spacial score (nSPS) is 11.8. The Kier molecular flexibility index (Phi) is 2.66. The average Bonchev–Trinajstić information content (AvgIpc) is 2.37. The van der Waals surface area contributed by atoms with Crippen molar-refractivity contribution in [1.29, 1.82) is 0 Å². The number of fused-ring (bicyclic) bond motifs is 3. The highest BCUT2D eigenvalue weighted by Crippen LogP contribution is 2.31. The number of rotatable bonds is 2. The molecule has 0 spiro atoms. The third-order valence-electron chi connectivity index (χ3n) is 2.94. The number of hydrogen-bond donors (Lipinski definition) is 0. The molecule has 0 fully saturated rings. The lowest BCUT2D eigenvalue weighted by Gasteiger charge is -2.12. The molecule has 0 bridgehead atoms. The van der Waals surface area contributed by atoms with Gasteiger partial charge in [0.1, 0.15) is 5.75 Å². The summed E-state index contributed by atoms with van der Waals surface area (Å²) in [7, 11) is -4.77. The maximum absolute atomic E-state index is 10.7. The Morgan fingerprint density at radius 3 is 2.32 bits per heavy atom. The molecular formula is C14H9O4S-. The van der Waals surface area contributed by atoms with Gasteiger partial charge in [-0.15, -0.1) is 0 Å². The molecule has 0 aliphatic rings. The summed E-state index contributed by atoms with van der Waals surface area (Å²) in [5, 5.41) is 3.46. The van der Waals surface area contributed by atoms with Crippen molar-refractivity contribution in [3.63, 3.8) is 0 Å². The first-order chi connectivity index (χ1) is 9.04. The second-order valence-corrected chi connectivity index (χ2v) is 5.11. The van der Waals surface area contributed by atoms with E-state index in [2.05, 4.69) is 4.18 Å². The van der Waals surface area contributed by atoms with E-state index in [-0.39, 0.29) is 5.75 Å². The summed E-state index contributed by atoms with van der Waals surface area (Å²) in [5.74, 6) is 0.0539. The summed E-state index contributed by atoms with van der Waals surface area (Å²) < 4.78 is 36.7. The van der Waals surface area contributed by atoms with Crippen molar-refractivity contribution >= 4 is 31.9 Å². The van der Waals surface area contributed by atoms with E-state index in [1.807, 2.05) is 36.4 Å². The van der Waals surface area contributed by atoms with Gasteiger partial charge < -0.3 is 8.74 Å². The van der Waals surface area contributed by atoms with E-state index >= 15 is 0 Å². The maximum atomic E-state index is 10.7. The molecule has 0 radical (unpaired) electrons. The van der Waals surface area contributed by atoms with Gasteiger partial charge in [0, 0.05) is 5.39 Å². The van der Waals surface area contributed by atoms with Crippen LogP contribution < -0.4 is 4.18 Å². The Morgan fingerprint density at radius 1 is 0.789 bits per heavy atom. The quantitative estimate of drug-likeness (QED) is 0.409. The van der Waals surface area contributed by atoms with Crippen molar-refractivity contribution in [2.75, 3.05) is 0 Å². The smallest absolute Gasteiger partial charge is 0.262 e. The van der Waals surface area contributed by atoms with Crippen LogP contribution in [0.5, 0.6) is 5.75 Å². The van der Waals surface area contributed by atoms with Crippen molar-refractivity contribution in [3.05, 3.63) is 54.6 Å². The van der Waals surface area contributed by atoms with Crippen molar-refractivity contribution in [2.24, 2.45) is 0 Å². The van der Waals surface area contributed by atoms with Crippen LogP contribution in [-0.4, -0.2) is 13.0 Å². The minimum Gasteiger partial charge on any atom is -0.716 e. The highest BCUT2D eigenvalue weighted by molar-refractivity contribution is 7.81. The van der Waals surface area contributed by atoms with E-state index in [1.165, 1.54) is 6.07 Å². The molecule has 0 amide bonds. The zero-order valence-electron chi connectivity index (χ0n) is 9.74. The lowest BCUT2D eigenvalue weighted by Crippen LogP contribution is -2.07. The topological polar surface area (TPSA) is 66.4 Å². The third kappa shape index (κ3) is 2.25. The van der Waals surface area contributed by atoms with Crippen LogP contribution in [0.2, 0.25) is 0 Å². The molecule has 3 aromatic rings. The molecular weight excluding hydrogens is 264 g/mol. The molecule has 4 nitrogen and oxygen atoms in total. The highest BCUT2D eigenvalue weighted by Gasteiger charge is 2.07. The first-order valence-corrected chi connectivity index (χ1v) is 6.94. The molecule has 0 aliphatic heterocycles. The predicted octanol–water partition coefficient (Wildman–Crippen LogP) is 2.83. The first kappa shape index (κ1) is 12.0. The summed E-state index contributed by atoms with van der Waals surface area (Å²) in [6.07, 6.45) is 0. The lowest BCUT2D eigenvalue weighted by molar-refractivity contribution is 0.374. The van der Waals surface area contributed by atoms with Gasteiger partial charge in [0.05, 0.1) is 0 Å². The van der Waals surface area contributed by atoms with E-state index in [0.717, 1.165) is 16.2 Å². The van der Waals surface area contributed by atoms with Crippen molar-refractivity contribution in [1.82, 2.24) is 0 Å². The van der Waals surface area contributed by atoms with E-state index in [1.54, 1.807) is 12.1 Å². The Hall–Kier alpha value is -2.11. The fraction of sp³-hybridized carbons (Fsp3) is 0. The Bertz CT molecular complexity index is 869. The minimum atomic E-state index is -4.77. The fourth-order valence-corrected chi connectivity index (χ4v) is 2.56. The van der Waals surface area contributed by atoms with E-state index < -0.39 is 10.4 Å². The molecule has 0 saturated heterocycles. The Balaban J connectivity index is 2.35. The van der Waals surface area contributed by atoms with Crippen LogP contribution in [0.15, 0.2) is 54.6 Å². The molecule has 96 valence electrons. The zero-order chi connectivity index (χ0) is 13.5. The van der Waals surface area contributed by atoms with E-state index in [4.69, 9.17) is 0 Å². The molecule has 0 heterocycles. The van der Waals surface area contributed by atoms with Gasteiger partial charge in [-0.2, -0.15) is 0 Å². The van der Waals surface area contributed by atoms with Crippen molar-refractivity contribution in [2.45, 2.75) is 0 Å². The first-order valence-electron chi connectivity index (χ1n) is 5.60. The molecule has 0 atom stereocenters. The molecule has 0 N–H and O–H groups in total. The second-order valence-electron chi connectivity index (χ2n) is 4.13. The maximum Gasteiger partial charge on any atom is 0.262 e. The van der Waals surface area contributed by atoms with Crippen LogP contribution in [0, 0.1) is 0 Å². The second kappa shape index (κ2) is 4.22. The number of hydrogen-bond acceptors (Lipinski definition) is 4. The van der Waals surface area contributed by atoms with Crippen molar-refractivity contribution in [3.8, 4) is 5.75 Å². The predicted molar refractivity (Wildman–Crippen MR) is 71.8 cm³/mol. The van der Waals surface area contributed by atoms with Gasteiger partial charge in [0.15, 0.2) is 0 Å². The summed E-state index contributed by atoms with van der Waals surface area (Å²) in [6, 6.07) is 16.3. The van der Waals surface area contributed by atoms with E-state index in [0.29, 0.717) is 5.39 Å². The van der Waals surface area contributed by atoms with Crippen LogP contribution in [0.1, 0.15) is 0 Å². The van der Waals surface area contributed by atoms with Crippen LogP contribution in [0.25, 0.3) is 21.5 Å². The lowest BCUT2D eigenvalue weighted by atomic mass is 10.0. The van der Waals surface area contributed by atoms with Gasteiger partial charge >= 0.3 is 0 Å². The molecule has 3 aromatic carbocycles. The summed E-state index contributed by atoms with van der Waals surface area (Å²) in [6.45, 7) is 0. The molecule has 0 unspecified atom stereocenters. The van der Waals surface area contributed by atoms with Gasteiger partial charge in [-0.25, -0.2) is 8.42 Å². The van der Waals surface area contributed by atoms with Gasteiger partial charge in [0.25, 0.3) is 10.4 Å². The van der Waals surface area contributed by atoms with Crippen LogP contribution in [-0.2, 0) is 10.4 Å². The summed E-state index contributed by atoms with van der Waals surface area (Å²) in [5.41, 5.74) is 0. The van der Waals surface area contributed by atoms with Crippen molar-refractivity contribution < 1.29 is 17.2 Å². The van der Waals surface area contributed by atoms with Gasteiger partial charge in [-0.3, -0.25) is 0 Å². The Labute approximate surface area is 110 Å². The summed E-state index contributed by atoms with van der Waals surface area (Å²) >= 11 is 0. The van der Waals surface area contributed by atoms with E-state index in [9.17, 15) is 13.0 Å². The monoisotopic (exact) mass is 273 g/mol. The standard InChI is InChI=1S/C14H10O4S/c15-19(16,17)18-14-7-3-6-12-11-5-2-1-4-10(11)8-9-13(12)14/h1-9H,(H,15,16,17)/p-1. The van der Waals surface area contributed by atoms with Gasteiger partial charge in [-0.05, 0) is 28.3 Å². The number of benzene rings is 3. The molecule has 0 aliphatic carbocycles. The van der Waals surface area contributed by atoms with Gasteiger partial charge in [-0.1, -0.05) is 42.5 Å². The largest absolute Gasteiger partial charge is 0.716 e. The third-order valence-corrected chi connectivity index (χ3v) is 3.32. The fourth-order valence-electron chi connectivity index (χ4n) is 2.19. The zero-order valence-corrected chi connectivity index (χ0v) is 10.6. The molecule has 3 rings (SSSR count). The molecule has 19 heavy (non-hydrogen) atoms. The minimum absolute atomic E-state index is 0.0539. The molecule has 0 saturated carbocycles. The summed E-state index contributed by atoms with van der Waals surface area (Å²) in [4.78, 5) is 0. The van der Waals surface area contributed by atoms with Crippen LogP contribution in [0.4, 0.5) is 0 Å². The van der Waals surface area contributed by atoms with Crippen LogP contribution >= 0.6 is 0 Å². The average molecular weight is 273 g/mol. The Morgan fingerprint density at radius 2 is 1.53 bits per heavy atom. The molecule has 0 aromatic heterocycles. The molecule has 5 heteroatoms. The van der Waals surface area contributed by atoms with Crippen LogP contribution in [0.3, 0.4) is 0 Å². The SMILES string of the molecule is O=S(=O)([O-])Oc1cccc2c1ccc1ccccc12. The van der Waals surface area contributed by atoms with Gasteiger partial charge in [0.2, 0.25) is 0 Å². The highest BCUT2D eigenvalue weighted by atomic mass is 32.3.